The molecule has 11 nitrogen and oxygen atoms in total. The second-order valence-corrected chi connectivity index (χ2v) is 6.99. The van der Waals surface area contributed by atoms with Crippen molar-refractivity contribution in [3.8, 4) is 0 Å². The lowest BCUT2D eigenvalue weighted by Gasteiger charge is -2.17. The quantitative estimate of drug-likeness (QED) is 0.372. The van der Waals surface area contributed by atoms with Gasteiger partial charge in [-0.05, 0) is 23.3 Å². The third kappa shape index (κ3) is 4.78. The highest BCUT2D eigenvalue weighted by molar-refractivity contribution is 6.17. The molecule has 154 valence electrons. The summed E-state index contributed by atoms with van der Waals surface area (Å²) in [6.07, 6.45) is 4.62. The highest BCUT2D eigenvalue weighted by Crippen LogP contribution is 2.36. The smallest absolute Gasteiger partial charge is 0.330 e. The number of aliphatic hydroxyl groups is 1. The van der Waals surface area contributed by atoms with Crippen LogP contribution in [0.1, 0.15) is 44.4 Å². The van der Waals surface area contributed by atoms with Gasteiger partial charge >= 0.3 is 5.69 Å². The molecule has 0 unspecified atom stereocenters. The summed E-state index contributed by atoms with van der Waals surface area (Å²) in [6, 6.07) is 0.892. The molecule has 3 atom stereocenters. The van der Waals surface area contributed by atoms with Crippen molar-refractivity contribution >= 4 is 17.5 Å². The second kappa shape index (κ2) is 9.80. The normalized spacial score (nSPS) is 21.9. The third-order valence-corrected chi connectivity index (χ3v) is 4.96. The highest BCUT2D eigenvalue weighted by atomic mass is 35.5. The zero-order valence-electron chi connectivity index (χ0n) is 15.3. The van der Waals surface area contributed by atoms with Gasteiger partial charge in [-0.2, -0.15) is 0 Å². The molecular formula is C16H24ClN7O4. The molecule has 3 N–H and O–H groups in total. The van der Waals surface area contributed by atoms with Crippen LogP contribution in [0.5, 0.6) is 0 Å². The Morgan fingerprint density at radius 1 is 1.32 bits per heavy atom. The molecule has 3 heterocycles. The number of nitrogens with one attached hydrogen (secondary N) is 2. The Hall–Kier alpha value is -2.24. The number of ether oxygens (including phenoxy) is 1. The Morgan fingerprint density at radius 2 is 2.14 bits per heavy atom. The number of unbranched alkanes of at least 4 members (excludes halogenated alkanes) is 3. The average molecular weight is 414 g/mol. The lowest BCUT2D eigenvalue weighted by atomic mass is 10.1. The number of aliphatic hydroxyl groups excluding tert-OH is 1. The maximum atomic E-state index is 12.0. The van der Waals surface area contributed by atoms with Crippen LogP contribution in [0.15, 0.2) is 21.9 Å². The first-order valence-electron chi connectivity index (χ1n) is 9.29. The van der Waals surface area contributed by atoms with Gasteiger partial charge in [-0.1, -0.05) is 17.9 Å². The topological polar surface area (TPSA) is 140 Å². The van der Waals surface area contributed by atoms with Crippen LogP contribution in [0.3, 0.4) is 0 Å². The van der Waals surface area contributed by atoms with E-state index in [1.807, 2.05) is 0 Å². The van der Waals surface area contributed by atoms with Crippen LogP contribution < -0.4 is 16.6 Å². The third-order valence-electron chi connectivity index (χ3n) is 4.70. The predicted octanol–water partition coefficient (Wildman–Crippen LogP) is 0.255. The molecule has 2 aromatic heterocycles. The first-order chi connectivity index (χ1) is 13.6. The zero-order chi connectivity index (χ0) is 19.9. The Kier molecular flexibility index (Phi) is 7.18. The minimum atomic E-state index is -0.640. The van der Waals surface area contributed by atoms with Crippen molar-refractivity contribution in [1.29, 1.82) is 0 Å². The summed E-state index contributed by atoms with van der Waals surface area (Å²) in [7, 11) is 0. The van der Waals surface area contributed by atoms with Crippen molar-refractivity contribution in [3.63, 3.8) is 0 Å². The van der Waals surface area contributed by atoms with E-state index in [0.29, 0.717) is 24.8 Å². The van der Waals surface area contributed by atoms with Gasteiger partial charge < -0.3 is 15.2 Å². The van der Waals surface area contributed by atoms with Crippen molar-refractivity contribution in [2.24, 2.45) is 0 Å². The fourth-order valence-electron chi connectivity index (χ4n) is 3.27. The molecule has 0 aromatic carbocycles. The van der Waals surface area contributed by atoms with E-state index in [2.05, 4.69) is 25.8 Å². The van der Waals surface area contributed by atoms with Crippen LogP contribution in [0.2, 0.25) is 0 Å². The fourth-order valence-corrected chi connectivity index (χ4v) is 3.46. The summed E-state index contributed by atoms with van der Waals surface area (Å²) in [4.78, 5) is 25.5. The van der Waals surface area contributed by atoms with Gasteiger partial charge in [0.05, 0.1) is 12.6 Å². The molecular weight excluding hydrogens is 390 g/mol. The number of rotatable bonds is 10. The molecule has 28 heavy (non-hydrogen) atoms. The van der Waals surface area contributed by atoms with Gasteiger partial charge in [-0.25, -0.2) is 9.48 Å². The van der Waals surface area contributed by atoms with E-state index in [4.69, 9.17) is 16.3 Å². The van der Waals surface area contributed by atoms with Crippen LogP contribution in [-0.4, -0.2) is 60.0 Å². The number of alkyl halides is 1. The Bertz CT molecular complexity index is 867. The molecule has 1 aliphatic heterocycles. The number of anilines is 1. The van der Waals surface area contributed by atoms with E-state index in [0.717, 1.165) is 25.7 Å². The van der Waals surface area contributed by atoms with Crippen molar-refractivity contribution < 1.29 is 9.84 Å². The van der Waals surface area contributed by atoms with E-state index >= 15 is 0 Å². The van der Waals surface area contributed by atoms with E-state index in [1.165, 1.54) is 16.8 Å². The van der Waals surface area contributed by atoms with Gasteiger partial charge in [0.2, 0.25) is 5.95 Å². The van der Waals surface area contributed by atoms with Gasteiger partial charge in [0.15, 0.2) is 0 Å². The van der Waals surface area contributed by atoms with Crippen molar-refractivity contribution in [3.05, 3.63) is 33.1 Å². The summed E-state index contributed by atoms with van der Waals surface area (Å²) in [6.45, 7) is 0.458. The number of H-pyrrole nitrogens is 1. The summed E-state index contributed by atoms with van der Waals surface area (Å²) < 4.78 is 8.68. The summed E-state index contributed by atoms with van der Waals surface area (Å²) in [5, 5.41) is 24.7. The van der Waals surface area contributed by atoms with Crippen molar-refractivity contribution in [2.75, 3.05) is 24.3 Å². The molecule has 3 rings (SSSR count). The van der Waals surface area contributed by atoms with Gasteiger partial charge in [0.25, 0.3) is 5.56 Å². The monoisotopic (exact) mass is 413 g/mol. The molecule has 0 radical (unpaired) electrons. The second-order valence-electron chi connectivity index (χ2n) is 6.61. The molecule has 0 spiro atoms. The van der Waals surface area contributed by atoms with E-state index in [-0.39, 0.29) is 12.6 Å². The fraction of sp³-hybridized carbons (Fsp3) is 0.688. The number of tetrazole rings is 1. The van der Waals surface area contributed by atoms with Gasteiger partial charge in [-0.3, -0.25) is 14.3 Å². The minimum Gasteiger partial charge on any atom is -0.394 e. The van der Waals surface area contributed by atoms with Gasteiger partial charge in [-0.15, -0.1) is 11.6 Å². The van der Waals surface area contributed by atoms with Crippen molar-refractivity contribution in [1.82, 2.24) is 29.8 Å². The number of halogens is 1. The maximum absolute atomic E-state index is 12.0. The molecule has 2 aromatic rings. The van der Waals surface area contributed by atoms with Crippen molar-refractivity contribution in [2.45, 2.75) is 50.5 Å². The number of aromatic amines is 1. The predicted molar refractivity (Wildman–Crippen MR) is 101 cm³/mol. The van der Waals surface area contributed by atoms with E-state index in [9.17, 15) is 14.7 Å². The van der Waals surface area contributed by atoms with Crippen LogP contribution in [0.25, 0.3) is 0 Å². The SMILES string of the molecule is O=c1ccn([C@H]2C[C@H](n3nnnc3NCCCCCCCl)[C@@H](CO)O2)c(=O)[nH]1. The Balaban J connectivity index is 1.67. The molecule has 1 fully saturated rings. The first-order valence-corrected chi connectivity index (χ1v) is 9.83. The molecule has 12 heteroatoms. The number of nitrogens with zero attached hydrogens (tertiary/aromatic N) is 5. The first kappa shape index (κ1) is 20.5. The van der Waals surface area contributed by atoms with Crippen LogP contribution >= 0.6 is 11.6 Å². The lowest BCUT2D eigenvalue weighted by molar-refractivity contribution is -0.0321. The highest BCUT2D eigenvalue weighted by Gasteiger charge is 2.39. The number of hydrogen-bond donors (Lipinski definition) is 3. The average Bonchev–Trinajstić information content (AvgIpc) is 3.30. The zero-order valence-corrected chi connectivity index (χ0v) is 16.1. The van der Waals surface area contributed by atoms with Gasteiger partial charge in [0, 0.05) is 31.1 Å². The molecule has 0 bridgehead atoms. The molecule has 1 aliphatic rings. The largest absolute Gasteiger partial charge is 0.394 e. The molecule has 0 amide bonds. The summed E-state index contributed by atoms with van der Waals surface area (Å²) in [5.74, 6) is 1.16. The summed E-state index contributed by atoms with van der Waals surface area (Å²) in [5.41, 5.74) is -1.05. The Labute approximate surface area is 165 Å². The van der Waals surface area contributed by atoms with Gasteiger partial charge in [0.1, 0.15) is 12.3 Å². The van der Waals surface area contributed by atoms with E-state index < -0.39 is 23.6 Å². The Morgan fingerprint density at radius 3 is 2.89 bits per heavy atom. The van der Waals surface area contributed by atoms with Crippen LogP contribution in [0, 0.1) is 0 Å². The molecule has 1 saturated heterocycles. The number of aromatic nitrogens is 6. The van der Waals surface area contributed by atoms with Crippen LogP contribution in [0.4, 0.5) is 5.95 Å². The molecule has 0 aliphatic carbocycles. The standard InChI is InChI=1S/C16H24ClN7O4/c17-6-3-1-2-4-7-18-15-20-21-22-24(15)11-9-14(28-12(11)10-25)23-8-5-13(26)19-16(23)27/h5,8,11-12,14,25H,1-4,6-7,9-10H2,(H,18,20,22)(H,19,26,27)/t11-,12+,14+/m0/s1. The number of hydrogen-bond acceptors (Lipinski definition) is 8. The summed E-state index contributed by atoms with van der Waals surface area (Å²) >= 11 is 5.67. The maximum Gasteiger partial charge on any atom is 0.330 e. The van der Waals surface area contributed by atoms with Crippen LogP contribution in [-0.2, 0) is 4.74 Å². The van der Waals surface area contributed by atoms with E-state index in [1.54, 1.807) is 4.68 Å². The lowest BCUT2D eigenvalue weighted by Crippen LogP contribution is -2.31. The minimum absolute atomic E-state index is 0.253. The molecule has 0 saturated carbocycles.